The molecule has 1 saturated heterocycles. The van der Waals surface area contributed by atoms with E-state index in [1.165, 1.54) is 5.56 Å². The molecule has 6 nitrogen and oxygen atoms in total. The molecule has 1 atom stereocenters. The molecular weight excluding hydrogens is 404 g/mol. The number of carbonyl (C=O) groups excluding carboxylic acids is 1. The number of carbonyl (C=O) groups is 1. The van der Waals surface area contributed by atoms with Crippen molar-refractivity contribution in [1.29, 1.82) is 0 Å². The molecule has 0 aliphatic carbocycles. The summed E-state index contributed by atoms with van der Waals surface area (Å²) < 4.78 is 17.7. The minimum atomic E-state index is -0.140. The Labute approximate surface area is 190 Å². The highest BCUT2D eigenvalue weighted by Crippen LogP contribution is 2.31. The monoisotopic (exact) mass is 438 g/mol. The van der Waals surface area contributed by atoms with Crippen molar-refractivity contribution in [3.63, 3.8) is 0 Å². The van der Waals surface area contributed by atoms with Gasteiger partial charge in [-0.05, 0) is 62.4 Å². The molecule has 6 heteroatoms. The maximum absolute atomic E-state index is 12.9. The summed E-state index contributed by atoms with van der Waals surface area (Å²) in [4.78, 5) is 15.4. The van der Waals surface area contributed by atoms with Crippen LogP contribution >= 0.6 is 0 Å². The fourth-order valence-corrected chi connectivity index (χ4v) is 4.53. The fraction of sp³-hybridized carbons (Fsp3) is 0.500. The van der Waals surface area contributed by atoms with Crippen LogP contribution in [0.2, 0.25) is 0 Å². The van der Waals surface area contributed by atoms with E-state index in [0.717, 1.165) is 37.9 Å². The van der Waals surface area contributed by atoms with Crippen molar-refractivity contribution in [2.75, 3.05) is 33.4 Å². The molecule has 2 aliphatic rings. The van der Waals surface area contributed by atoms with Crippen LogP contribution in [0.15, 0.2) is 42.5 Å². The number of amides is 1. The zero-order chi connectivity index (χ0) is 22.5. The summed E-state index contributed by atoms with van der Waals surface area (Å²) in [6.07, 6.45) is 2.86. The number of hydrogen-bond acceptors (Lipinski definition) is 5. The highest BCUT2D eigenvalue weighted by atomic mass is 16.5. The van der Waals surface area contributed by atoms with Crippen LogP contribution in [0.1, 0.15) is 54.3 Å². The van der Waals surface area contributed by atoms with Crippen molar-refractivity contribution in [3.8, 4) is 11.5 Å². The summed E-state index contributed by atoms with van der Waals surface area (Å²) in [7, 11) is 1.63. The number of hydrogen-bond donors (Lipinski definition) is 1. The minimum Gasteiger partial charge on any atom is -0.493 e. The highest BCUT2D eigenvalue weighted by molar-refractivity contribution is 5.94. The minimum absolute atomic E-state index is 0.121. The SMILES string of the molecule is COc1ccc(C(=O)NC[C@@H]2OCCc3ccccc32)cc1OC1CCN(C(C)C)CC1. The first kappa shape index (κ1) is 22.6. The van der Waals surface area contributed by atoms with E-state index in [4.69, 9.17) is 14.2 Å². The third-order valence-corrected chi connectivity index (χ3v) is 6.47. The summed E-state index contributed by atoms with van der Waals surface area (Å²) >= 11 is 0. The van der Waals surface area contributed by atoms with Gasteiger partial charge in [0.05, 0.1) is 13.7 Å². The van der Waals surface area contributed by atoms with E-state index in [1.54, 1.807) is 25.3 Å². The molecule has 172 valence electrons. The Bertz CT molecular complexity index is 922. The van der Waals surface area contributed by atoms with E-state index < -0.39 is 0 Å². The number of methoxy groups -OCH3 is 1. The third kappa shape index (κ3) is 5.25. The van der Waals surface area contributed by atoms with Crippen molar-refractivity contribution in [1.82, 2.24) is 10.2 Å². The lowest BCUT2D eigenvalue weighted by atomic mass is 9.97. The second-order valence-corrected chi connectivity index (χ2v) is 8.83. The zero-order valence-electron chi connectivity index (χ0n) is 19.3. The molecule has 32 heavy (non-hydrogen) atoms. The molecule has 0 saturated carbocycles. The lowest BCUT2D eigenvalue weighted by Crippen LogP contribution is -2.41. The largest absolute Gasteiger partial charge is 0.493 e. The maximum Gasteiger partial charge on any atom is 0.251 e. The predicted octanol–water partition coefficient (Wildman–Crippen LogP) is 3.99. The van der Waals surface area contributed by atoms with Gasteiger partial charge in [0.2, 0.25) is 0 Å². The van der Waals surface area contributed by atoms with Crippen LogP contribution in [0.5, 0.6) is 11.5 Å². The number of nitrogens with zero attached hydrogens (tertiary/aromatic N) is 1. The normalized spacial score (nSPS) is 19.4. The van der Waals surface area contributed by atoms with Gasteiger partial charge in [0.25, 0.3) is 5.91 Å². The van der Waals surface area contributed by atoms with Gasteiger partial charge in [-0.25, -0.2) is 0 Å². The molecule has 2 aliphatic heterocycles. The van der Waals surface area contributed by atoms with E-state index in [1.807, 2.05) is 12.1 Å². The van der Waals surface area contributed by atoms with Gasteiger partial charge in [0.15, 0.2) is 11.5 Å². The van der Waals surface area contributed by atoms with Gasteiger partial charge in [-0.3, -0.25) is 4.79 Å². The molecule has 1 amide bonds. The van der Waals surface area contributed by atoms with Crippen LogP contribution in [0.4, 0.5) is 0 Å². The second-order valence-electron chi connectivity index (χ2n) is 8.83. The number of benzene rings is 2. The van der Waals surface area contributed by atoms with Crippen LogP contribution in [-0.2, 0) is 11.2 Å². The average Bonchev–Trinajstić information content (AvgIpc) is 2.82. The predicted molar refractivity (Wildman–Crippen MR) is 125 cm³/mol. The van der Waals surface area contributed by atoms with E-state index in [-0.39, 0.29) is 18.1 Å². The lowest BCUT2D eigenvalue weighted by Gasteiger charge is -2.34. The number of nitrogens with one attached hydrogen (secondary N) is 1. The van der Waals surface area contributed by atoms with Crippen LogP contribution in [0.3, 0.4) is 0 Å². The van der Waals surface area contributed by atoms with Gasteiger partial charge in [-0.2, -0.15) is 0 Å². The van der Waals surface area contributed by atoms with Crippen molar-refractivity contribution >= 4 is 5.91 Å². The Kier molecular flexibility index (Phi) is 7.33. The van der Waals surface area contributed by atoms with Crippen molar-refractivity contribution in [2.24, 2.45) is 0 Å². The molecule has 4 rings (SSSR count). The highest BCUT2D eigenvalue weighted by Gasteiger charge is 2.24. The van der Waals surface area contributed by atoms with Gasteiger partial charge in [-0.15, -0.1) is 0 Å². The zero-order valence-corrected chi connectivity index (χ0v) is 19.3. The van der Waals surface area contributed by atoms with Crippen LogP contribution in [-0.4, -0.2) is 56.3 Å². The molecule has 1 N–H and O–H groups in total. The van der Waals surface area contributed by atoms with Gasteiger partial charge >= 0.3 is 0 Å². The molecule has 2 aromatic rings. The summed E-state index contributed by atoms with van der Waals surface area (Å²) in [5, 5.41) is 3.03. The van der Waals surface area contributed by atoms with E-state index in [2.05, 4.69) is 36.2 Å². The first-order valence-electron chi connectivity index (χ1n) is 11.6. The van der Waals surface area contributed by atoms with Gasteiger partial charge in [0.1, 0.15) is 12.2 Å². The number of rotatable bonds is 7. The molecule has 1 fully saturated rings. The molecule has 0 radical (unpaired) electrons. The van der Waals surface area contributed by atoms with Crippen molar-refractivity contribution in [3.05, 3.63) is 59.2 Å². The quantitative estimate of drug-likeness (QED) is 0.708. The Hall–Kier alpha value is -2.57. The first-order chi connectivity index (χ1) is 15.5. The topological polar surface area (TPSA) is 60.0 Å². The van der Waals surface area contributed by atoms with Gasteiger partial charge in [-0.1, -0.05) is 24.3 Å². The molecule has 0 aromatic heterocycles. The van der Waals surface area contributed by atoms with Gasteiger partial charge in [0, 0.05) is 31.2 Å². The molecule has 0 unspecified atom stereocenters. The Morgan fingerprint density at radius 2 is 1.94 bits per heavy atom. The molecule has 0 spiro atoms. The smallest absolute Gasteiger partial charge is 0.251 e. The standard InChI is InChI=1S/C26H34N2O4/c1-18(2)28-13-10-21(11-14-28)32-24-16-20(8-9-23(24)30-3)26(29)27-17-25-22-7-5-4-6-19(22)12-15-31-25/h4-9,16,18,21,25H,10-15,17H2,1-3H3,(H,27,29)/t25-/m0/s1. The molecular formula is C26H34N2O4. The fourth-order valence-electron chi connectivity index (χ4n) is 4.53. The van der Waals surface area contributed by atoms with Crippen LogP contribution < -0.4 is 14.8 Å². The maximum atomic E-state index is 12.9. The lowest BCUT2D eigenvalue weighted by molar-refractivity contribution is 0.0411. The van der Waals surface area contributed by atoms with Gasteiger partial charge < -0.3 is 24.4 Å². The molecule has 2 aromatic carbocycles. The number of likely N-dealkylation sites (tertiary alicyclic amines) is 1. The van der Waals surface area contributed by atoms with E-state index >= 15 is 0 Å². The Morgan fingerprint density at radius 3 is 2.69 bits per heavy atom. The number of fused-ring (bicyclic) bond motifs is 1. The summed E-state index contributed by atoms with van der Waals surface area (Å²) in [5.74, 6) is 1.14. The Morgan fingerprint density at radius 1 is 1.16 bits per heavy atom. The van der Waals surface area contributed by atoms with Crippen LogP contribution in [0, 0.1) is 0 Å². The number of ether oxygens (including phenoxy) is 3. The van der Waals surface area contributed by atoms with Crippen LogP contribution in [0.25, 0.3) is 0 Å². The van der Waals surface area contributed by atoms with Crippen molar-refractivity contribution in [2.45, 2.75) is 51.4 Å². The molecule has 2 heterocycles. The summed E-state index contributed by atoms with van der Waals surface area (Å²) in [5.41, 5.74) is 3.01. The van der Waals surface area contributed by atoms with E-state index in [0.29, 0.717) is 36.3 Å². The summed E-state index contributed by atoms with van der Waals surface area (Å²) in [6.45, 7) is 7.60. The Balaban J connectivity index is 1.39. The average molecular weight is 439 g/mol. The number of piperidine rings is 1. The first-order valence-corrected chi connectivity index (χ1v) is 11.6. The second kappa shape index (κ2) is 10.4. The van der Waals surface area contributed by atoms with Crippen molar-refractivity contribution < 1.29 is 19.0 Å². The summed E-state index contributed by atoms with van der Waals surface area (Å²) in [6, 6.07) is 14.2. The third-order valence-electron chi connectivity index (χ3n) is 6.47. The molecule has 0 bridgehead atoms. The van der Waals surface area contributed by atoms with E-state index in [9.17, 15) is 4.79 Å².